The third-order valence-corrected chi connectivity index (χ3v) is 3.66. The predicted molar refractivity (Wildman–Crippen MR) is 72.1 cm³/mol. The van der Waals surface area contributed by atoms with E-state index < -0.39 is 6.10 Å². The highest BCUT2D eigenvalue weighted by Gasteiger charge is 2.23. The Morgan fingerprint density at radius 1 is 1.33 bits per heavy atom. The normalized spacial score (nSPS) is 22.2. The molecule has 4 nitrogen and oxygen atoms in total. The van der Waals surface area contributed by atoms with Crippen molar-refractivity contribution in [1.29, 1.82) is 0 Å². The number of benzene rings is 1. The highest BCUT2D eigenvalue weighted by Crippen LogP contribution is 2.22. The molecule has 0 aliphatic carbocycles. The van der Waals surface area contributed by atoms with Crippen LogP contribution >= 0.6 is 0 Å². The largest absolute Gasteiger partial charge is 0.399 e. The lowest BCUT2D eigenvalue weighted by atomic mass is 10.1. The van der Waals surface area contributed by atoms with E-state index in [2.05, 4.69) is 4.90 Å². The monoisotopic (exact) mass is 250 g/mol. The first-order valence-electron chi connectivity index (χ1n) is 6.55. The maximum Gasteiger partial charge on any atom is 0.0916 e. The smallest absolute Gasteiger partial charge is 0.0916 e. The molecular formula is C14H22N2O2. The fraction of sp³-hybridized carbons (Fsp3) is 0.571. The average Bonchev–Trinajstić information content (AvgIpc) is 2.78. The Bertz CT molecular complexity index is 367. The molecule has 0 saturated carbocycles. The Labute approximate surface area is 108 Å². The number of rotatable bonds is 5. The number of anilines is 1. The molecule has 0 spiro atoms. The van der Waals surface area contributed by atoms with Crippen molar-refractivity contribution in [2.24, 2.45) is 5.92 Å². The van der Waals surface area contributed by atoms with Crippen LogP contribution in [0.15, 0.2) is 24.3 Å². The van der Waals surface area contributed by atoms with Crippen LogP contribution in [0.1, 0.15) is 24.5 Å². The van der Waals surface area contributed by atoms with Gasteiger partial charge in [-0.25, -0.2) is 0 Å². The standard InChI is InChI=1S/C14H22N2O2/c15-13-3-1-12(2-4-13)14(18)10-16-7-5-11(9-16)6-8-17/h1-4,11,14,17-18H,5-10,15H2. The summed E-state index contributed by atoms with van der Waals surface area (Å²) in [6.07, 6.45) is 1.53. The lowest BCUT2D eigenvalue weighted by molar-refractivity contribution is 0.123. The van der Waals surface area contributed by atoms with Crippen LogP contribution in [0.4, 0.5) is 5.69 Å². The molecule has 4 heteroatoms. The molecule has 0 amide bonds. The fourth-order valence-corrected chi connectivity index (χ4v) is 2.57. The van der Waals surface area contributed by atoms with Crippen molar-refractivity contribution in [3.05, 3.63) is 29.8 Å². The van der Waals surface area contributed by atoms with E-state index in [1.54, 1.807) is 0 Å². The van der Waals surface area contributed by atoms with Crippen molar-refractivity contribution >= 4 is 5.69 Å². The lowest BCUT2D eigenvalue weighted by Gasteiger charge is -2.20. The minimum atomic E-state index is -0.460. The number of likely N-dealkylation sites (tertiary alicyclic amines) is 1. The molecule has 2 atom stereocenters. The number of hydrogen-bond donors (Lipinski definition) is 3. The second-order valence-electron chi connectivity index (χ2n) is 5.11. The number of nitrogens with zero attached hydrogens (tertiary/aromatic N) is 1. The van der Waals surface area contributed by atoms with E-state index in [0.717, 1.165) is 37.2 Å². The maximum absolute atomic E-state index is 10.2. The molecule has 2 rings (SSSR count). The summed E-state index contributed by atoms with van der Waals surface area (Å²) >= 11 is 0. The van der Waals surface area contributed by atoms with Gasteiger partial charge in [0.05, 0.1) is 6.10 Å². The topological polar surface area (TPSA) is 69.7 Å². The van der Waals surface area contributed by atoms with Gasteiger partial charge in [0.15, 0.2) is 0 Å². The van der Waals surface area contributed by atoms with Crippen LogP contribution in [0, 0.1) is 5.92 Å². The number of nitrogen functional groups attached to an aromatic ring is 1. The van der Waals surface area contributed by atoms with Crippen molar-refractivity contribution in [3.63, 3.8) is 0 Å². The van der Waals surface area contributed by atoms with Crippen LogP contribution < -0.4 is 5.73 Å². The molecule has 1 aromatic carbocycles. The van der Waals surface area contributed by atoms with Crippen molar-refractivity contribution in [2.45, 2.75) is 18.9 Å². The summed E-state index contributed by atoms with van der Waals surface area (Å²) in [5.74, 6) is 0.577. The lowest BCUT2D eigenvalue weighted by Crippen LogP contribution is -2.26. The van der Waals surface area contributed by atoms with Gasteiger partial charge in [-0.15, -0.1) is 0 Å². The highest BCUT2D eigenvalue weighted by atomic mass is 16.3. The van der Waals surface area contributed by atoms with Crippen LogP contribution in [0.2, 0.25) is 0 Å². The summed E-state index contributed by atoms with van der Waals surface area (Å²) in [6.45, 7) is 2.91. The number of aliphatic hydroxyl groups excluding tert-OH is 2. The van der Waals surface area contributed by atoms with Crippen molar-refractivity contribution in [1.82, 2.24) is 4.90 Å². The SMILES string of the molecule is Nc1ccc(C(O)CN2CCC(CCO)C2)cc1. The van der Waals surface area contributed by atoms with Crippen LogP contribution in [-0.2, 0) is 0 Å². The van der Waals surface area contributed by atoms with Gasteiger partial charge < -0.3 is 20.8 Å². The molecule has 0 radical (unpaired) electrons. The third kappa shape index (κ3) is 3.45. The first-order valence-corrected chi connectivity index (χ1v) is 6.55. The van der Waals surface area contributed by atoms with E-state index in [1.165, 1.54) is 0 Å². The molecular weight excluding hydrogens is 228 g/mol. The Morgan fingerprint density at radius 2 is 2.06 bits per heavy atom. The zero-order valence-electron chi connectivity index (χ0n) is 10.6. The quantitative estimate of drug-likeness (QED) is 0.682. The van der Waals surface area contributed by atoms with Gasteiger partial charge in [-0.3, -0.25) is 0 Å². The van der Waals surface area contributed by atoms with E-state index in [4.69, 9.17) is 10.8 Å². The number of hydrogen-bond acceptors (Lipinski definition) is 4. The Morgan fingerprint density at radius 3 is 2.72 bits per heavy atom. The first-order chi connectivity index (χ1) is 8.69. The highest BCUT2D eigenvalue weighted by molar-refractivity contribution is 5.39. The van der Waals surface area contributed by atoms with E-state index in [0.29, 0.717) is 12.5 Å². The van der Waals surface area contributed by atoms with Gasteiger partial charge in [-0.05, 0) is 43.0 Å². The average molecular weight is 250 g/mol. The number of aliphatic hydroxyl groups is 2. The summed E-state index contributed by atoms with van der Waals surface area (Å²) in [5.41, 5.74) is 7.26. The summed E-state index contributed by atoms with van der Waals surface area (Å²) < 4.78 is 0. The molecule has 0 bridgehead atoms. The Balaban J connectivity index is 1.84. The molecule has 1 fully saturated rings. The molecule has 4 N–H and O–H groups in total. The minimum absolute atomic E-state index is 0.263. The number of nitrogens with two attached hydrogens (primary N) is 1. The van der Waals surface area contributed by atoms with Gasteiger partial charge in [0, 0.05) is 25.4 Å². The van der Waals surface area contributed by atoms with Crippen molar-refractivity contribution in [3.8, 4) is 0 Å². The summed E-state index contributed by atoms with van der Waals surface area (Å²) in [7, 11) is 0. The van der Waals surface area contributed by atoms with Gasteiger partial charge in [0.25, 0.3) is 0 Å². The minimum Gasteiger partial charge on any atom is -0.399 e. The molecule has 18 heavy (non-hydrogen) atoms. The Hall–Kier alpha value is -1.10. The van der Waals surface area contributed by atoms with Crippen LogP contribution in [0.3, 0.4) is 0 Å². The summed E-state index contributed by atoms with van der Waals surface area (Å²) in [6, 6.07) is 7.39. The van der Waals surface area contributed by atoms with Crippen LogP contribution in [0.5, 0.6) is 0 Å². The maximum atomic E-state index is 10.2. The third-order valence-electron chi connectivity index (χ3n) is 3.66. The molecule has 1 aliphatic rings. The summed E-state index contributed by atoms with van der Waals surface area (Å²) in [5, 5.41) is 19.1. The summed E-state index contributed by atoms with van der Waals surface area (Å²) in [4.78, 5) is 2.27. The van der Waals surface area contributed by atoms with Crippen LogP contribution in [-0.4, -0.2) is 41.4 Å². The van der Waals surface area contributed by atoms with Gasteiger partial charge in [-0.2, -0.15) is 0 Å². The molecule has 1 saturated heterocycles. The zero-order valence-corrected chi connectivity index (χ0v) is 10.6. The van der Waals surface area contributed by atoms with Gasteiger partial charge >= 0.3 is 0 Å². The van der Waals surface area contributed by atoms with Crippen LogP contribution in [0.25, 0.3) is 0 Å². The second kappa shape index (κ2) is 6.18. The molecule has 100 valence electrons. The van der Waals surface area contributed by atoms with Gasteiger partial charge in [0.1, 0.15) is 0 Å². The van der Waals surface area contributed by atoms with E-state index in [1.807, 2.05) is 24.3 Å². The van der Waals surface area contributed by atoms with E-state index >= 15 is 0 Å². The molecule has 2 unspecified atom stereocenters. The first kappa shape index (κ1) is 13.3. The second-order valence-corrected chi connectivity index (χ2v) is 5.11. The zero-order chi connectivity index (χ0) is 13.0. The fourth-order valence-electron chi connectivity index (χ4n) is 2.57. The van der Waals surface area contributed by atoms with E-state index in [9.17, 15) is 5.11 Å². The van der Waals surface area contributed by atoms with Gasteiger partial charge in [-0.1, -0.05) is 12.1 Å². The van der Waals surface area contributed by atoms with Crippen molar-refractivity contribution < 1.29 is 10.2 Å². The molecule has 1 heterocycles. The molecule has 1 aliphatic heterocycles. The Kier molecular flexibility index (Phi) is 4.58. The van der Waals surface area contributed by atoms with Gasteiger partial charge in [0.2, 0.25) is 0 Å². The number of β-amino-alcohol motifs (C(OH)–C–C–N with tert-alkyl or cyclic N) is 1. The van der Waals surface area contributed by atoms with Crippen molar-refractivity contribution in [2.75, 3.05) is 32.0 Å². The van der Waals surface area contributed by atoms with E-state index in [-0.39, 0.29) is 6.61 Å². The predicted octanol–water partition coefficient (Wildman–Crippen LogP) is 1.01. The molecule has 0 aromatic heterocycles. The molecule has 1 aromatic rings.